The van der Waals surface area contributed by atoms with Gasteiger partial charge in [-0.15, -0.1) is 0 Å². The van der Waals surface area contributed by atoms with Crippen molar-refractivity contribution in [3.8, 4) is 5.75 Å². The highest BCUT2D eigenvalue weighted by Crippen LogP contribution is 2.22. The first-order valence-corrected chi connectivity index (χ1v) is 5.97. The molecule has 1 aromatic heterocycles. The predicted molar refractivity (Wildman–Crippen MR) is 70.0 cm³/mol. The van der Waals surface area contributed by atoms with Gasteiger partial charge in [-0.2, -0.15) is 0 Å². The van der Waals surface area contributed by atoms with E-state index >= 15 is 0 Å². The van der Waals surface area contributed by atoms with E-state index in [9.17, 15) is 0 Å². The molecule has 0 atom stereocenters. The fourth-order valence-corrected chi connectivity index (χ4v) is 1.74. The number of pyridine rings is 1. The highest BCUT2D eigenvalue weighted by Gasteiger charge is 2.03. The molecule has 0 fully saturated rings. The molecule has 0 spiro atoms. The van der Waals surface area contributed by atoms with E-state index in [1.807, 2.05) is 0 Å². The van der Waals surface area contributed by atoms with Crippen LogP contribution >= 0.6 is 34.8 Å². The summed E-state index contributed by atoms with van der Waals surface area (Å²) < 4.78 is 5.52. The Balaban J connectivity index is 2.07. The van der Waals surface area contributed by atoms with Crippen LogP contribution in [-0.4, -0.2) is 4.98 Å². The fraction of sp³-hybridized carbons (Fsp3) is 0.0833. The molecule has 0 unspecified atom stereocenters. The van der Waals surface area contributed by atoms with E-state index in [1.54, 1.807) is 36.5 Å². The van der Waals surface area contributed by atoms with Crippen molar-refractivity contribution in [2.45, 2.75) is 6.61 Å². The van der Waals surface area contributed by atoms with Crippen molar-refractivity contribution in [1.29, 1.82) is 0 Å². The zero-order valence-electron chi connectivity index (χ0n) is 8.66. The summed E-state index contributed by atoms with van der Waals surface area (Å²) in [5, 5.41) is 1.68. The van der Waals surface area contributed by atoms with Crippen LogP contribution < -0.4 is 4.74 Å². The average Bonchev–Trinajstić information content (AvgIpc) is 2.32. The number of hydrogen-bond acceptors (Lipinski definition) is 2. The van der Waals surface area contributed by atoms with Gasteiger partial charge in [0, 0.05) is 15.6 Å². The minimum absolute atomic E-state index is 0.336. The SMILES string of the molecule is Clc1ccc(Cl)c(COc2ccc(Cl)nc2)c1. The lowest BCUT2D eigenvalue weighted by Crippen LogP contribution is -1.96. The lowest BCUT2D eigenvalue weighted by atomic mass is 10.2. The second-order valence-electron chi connectivity index (χ2n) is 3.34. The molecule has 0 N–H and O–H groups in total. The summed E-state index contributed by atoms with van der Waals surface area (Å²) in [6.07, 6.45) is 1.56. The standard InChI is InChI=1S/C12H8Cl3NO/c13-9-1-3-11(14)8(5-9)7-17-10-2-4-12(15)16-6-10/h1-6H,7H2. The summed E-state index contributed by atoms with van der Waals surface area (Å²) in [6.45, 7) is 0.336. The van der Waals surface area contributed by atoms with Crippen LogP contribution in [0.1, 0.15) is 5.56 Å². The molecule has 0 aliphatic rings. The fourth-order valence-electron chi connectivity index (χ4n) is 1.26. The normalized spacial score (nSPS) is 10.3. The lowest BCUT2D eigenvalue weighted by molar-refractivity contribution is 0.305. The Morgan fingerprint density at radius 1 is 1.06 bits per heavy atom. The Labute approximate surface area is 114 Å². The number of aromatic nitrogens is 1. The molecule has 0 amide bonds. The van der Waals surface area contributed by atoms with Crippen molar-refractivity contribution in [3.05, 3.63) is 57.3 Å². The highest BCUT2D eigenvalue weighted by molar-refractivity contribution is 6.33. The largest absolute Gasteiger partial charge is 0.487 e. The van der Waals surface area contributed by atoms with E-state index in [4.69, 9.17) is 39.5 Å². The summed E-state index contributed by atoms with van der Waals surface area (Å²) in [5.74, 6) is 0.630. The van der Waals surface area contributed by atoms with Gasteiger partial charge in [0.05, 0.1) is 6.20 Å². The molecule has 2 nitrogen and oxygen atoms in total. The third kappa shape index (κ3) is 3.50. The van der Waals surface area contributed by atoms with Crippen LogP contribution in [0.5, 0.6) is 5.75 Å². The van der Waals surface area contributed by atoms with Crippen LogP contribution in [0, 0.1) is 0 Å². The van der Waals surface area contributed by atoms with E-state index < -0.39 is 0 Å². The van der Waals surface area contributed by atoms with Crippen LogP contribution in [0.25, 0.3) is 0 Å². The Morgan fingerprint density at radius 2 is 1.88 bits per heavy atom. The first kappa shape index (κ1) is 12.5. The monoisotopic (exact) mass is 287 g/mol. The number of nitrogens with zero attached hydrogens (tertiary/aromatic N) is 1. The van der Waals surface area contributed by atoms with E-state index in [0.29, 0.717) is 27.6 Å². The molecular weight excluding hydrogens is 280 g/mol. The number of benzene rings is 1. The third-order valence-electron chi connectivity index (χ3n) is 2.10. The van der Waals surface area contributed by atoms with E-state index in [2.05, 4.69) is 4.98 Å². The molecule has 0 aliphatic heterocycles. The van der Waals surface area contributed by atoms with Gasteiger partial charge in [-0.25, -0.2) is 4.98 Å². The Hall–Kier alpha value is -0.960. The van der Waals surface area contributed by atoms with Gasteiger partial charge in [0.2, 0.25) is 0 Å². The second-order valence-corrected chi connectivity index (χ2v) is 4.57. The number of ether oxygens (including phenoxy) is 1. The minimum Gasteiger partial charge on any atom is -0.487 e. The summed E-state index contributed by atoms with van der Waals surface area (Å²) >= 11 is 17.6. The van der Waals surface area contributed by atoms with Crippen molar-refractivity contribution in [2.75, 3.05) is 0 Å². The quantitative estimate of drug-likeness (QED) is 0.769. The average molecular weight is 289 g/mol. The number of halogens is 3. The Kier molecular flexibility index (Phi) is 4.11. The smallest absolute Gasteiger partial charge is 0.138 e. The predicted octanol–water partition coefficient (Wildman–Crippen LogP) is 4.62. The molecule has 1 aromatic carbocycles. The van der Waals surface area contributed by atoms with Crippen LogP contribution in [0.3, 0.4) is 0 Å². The van der Waals surface area contributed by atoms with Crippen molar-refractivity contribution >= 4 is 34.8 Å². The molecule has 0 saturated heterocycles. The van der Waals surface area contributed by atoms with Gasteiger partial charge < -0.3 is 4.74 Å². The number of hydrogen-bond donors (Lipinski definition) is 0. The maximum Gasteiger partial charge on any atom is 0.138 e. The molecular formula is C12H8Cl3NO. The summed E-state index contributed by atoms with van der Waals surface area (Å²) in [5.41, 5.74) is 0.828. The third-order valence-corrected chi connectivity index (χ3v) is 2.93. The zero-order valence-corrected chi connectivity index (χ0v) is 10.9. The van der Waals surface area contributed by atoms with Crippen molar-refractivity contribution in [2.24, 2.45) is 0 Å². The van der Waals surface area contributed by atoms with Crippen LogP contribution in [-0.2, 0) is 6.61 Å². The molecule has 2 aromatic rings. The van der Waals surface area contributed by atoms with Crippen molar-refractivity contribution in [1.82, 2.24) is 4.98 Å². The van der Waals surface area contributed by atoms with Crippen molar-refractivity contribution in [3.63, 3.8) is 0 Å². The van der Waals surface area contributed by atoms with Gasteiger partial charge in [-0.05, 0) is 30.3 Å². The van der Waals surface area contributed by atoms with Gasteiger partial charge in [-0.3, -0.25) is 0 Å². The summed E-state index contributed by atoms with van der Waals surface area (Å²) in [6, 6.07) is 8.65. The van der Waals surface area contributed by atoms with Gasteiger partial charge in [0.15, 0.2) is 0 Å². The van der Waals surface area contributed by atoms with Gasteiger partial charge in [0.1, 0.15) is 17.5 Å². The van der Waals surface area contributed by atoms with Crippen LogP contribution in [0.15, 0.2) is 36.5 Å². The van der Waals surface area contributed by atoms with Gasteiger partial charge in [0.25, 0.3) is 0 Å². The first-order chi connectivity index (χ1) is 8.15. The summed E-state index contributed by atoms with van der Waals surface area (Å²) in [7, 11) is 0. The Morgan fingerprint density at radius 3 is 2.59 bits per heavy atom. The molecule has 0 radical (unpaired) electrons. The topological polar surface area (TPSA) is 22.1 Å². The molecule has 88 valence electrons. The van der Waals surface area contributed by atoms with Crippen molar-refractivity contribution < 1.29 is 4.74 Å². The van der Waals surface area contributed by atoms with E-state index in [0.717, 1.165) is 5.56 Å². The number of rotatable bonds is 3. The van der Waals surface area contributed by atoms with Crippen LogP contribution in [0.4, 0.5) is 0 Å². The van der Waals surface area contributed by atoms with E-state index in [-0.39, 0.29) is 0 Å². The highest BCUT2D eigenvalue weighted by atomic mass is 35.5. The minimum atomic E-state index is 0.336. The molecule has 0 aliphatic carbocycles. The maximum absolute atomic E-state index is 6.01. The molecule has 17 heavy (non-hydrogen) atoms. The summed E-state index contributed by atoms with van der Waals surface area (Å²) in [4.78, 5) is 3.91. The van der Waals surface area contributed by atoms with Gasteiger partial charge in [-0.1, -0.05) is 34.8 Å². The second kappa shape index (κ2) is 5.58. The zero-order chi connectivity index (χ0) is 12.3. The van der Waals surface area contributed by atoms with Gasteiger partial charge >= 0.3 is 0 Å². The Bertz CT molecular complexity index is 514. The first-order valence-electron chi connectivity index (χ1n) is 4.83. The maximum atomic E-state index is 6.01. The molecule has 0 saturated carbocycles. The molecule has 1 heterocycles. The molecule has 0 bridgehead atoms. The van der Waals surface area contributed by atoms with Crippen LogP contribution in [0.2, 0.25) is 15.2 Å². The molecule has 2 rings (SSSR count). The molecule has 5 heteroatoms. The lowest BCUT2D eigenvalue weighted by Gasteiger charge is -2.07. The van der Waals surface area contributed by atoms with E-state index in [1.165, 1.54) is 0 Å².